The van der Waals surface area contributed by atoms with E-state index in [4.69, 9.17) is 0 Å². The molecule has 0 saturated heterocycles. The maximum atomic E-state index is 9.44. The van der Waals surface area contributed by atoms with Gasteiger partial charge in [-0.25, -0.2) is 0 Å². The highest BCUT2D eigenvalue weighted by Crippen LogP contribution is 2.33. The summed E-state index contributed by atoms with van der Waals surface area (Å²) in [4.78, 5) is 2.29. The summed E-state index contributed by atoms with van der Waals surface area (Å²) in [7, 11) is 2.12. The fraction of sp³-hybridized carbons (Fsp3) is 0.538. The molecule has 2 atom stereocenters. The van der Waals surface area contributed by atoms with Crippen molar-refractivity contribution in [1.29, 1.82) is 0 Å². The van der Waals surface area contributed by atoms with Gasteiger partial charge in [0, 0.05) is 18.8 Å². The molecular weight excluding hydrogens is 186 g/mol. The molecule has 2 nitrogen and oxygen atoms in total. The molecule has 1 aliphatic heterocycles. The minimum atomic E-state index is -0.215. The maximum Gasteiger partial charge on any atom is 0.0531 e. The summed E-state index contributed by atoms with van der Waals surface area (Å²) in [6.45, 7) is 3.99. The lowest BCUT2D eigenvalue weighted by Crippen LogP contribution is -2.30. The Morgan fingerprint density at radius 2 is 2.27 bits per heavy atom. The molecule has 0 bridgehead atoms. The summed E-state index contributed by atoms with van der Waals surface area (Å²) < 4.78 is 0. The first-order chi connectivity index (χ1) is 7.08. The van der Waals surface area contributed by atoms with E-state index in [1.54, 1.807) is 0 Å². The molecule has 2 rings (SSSR count). The summed E-state index contributed by atoms with van der Waals surface area (Å²) in [5.74, 6) is 0. The van der Waals surface area contributed by atoms with Gasteiger partial charge in [-0.2, -0.15) is 0 Å². The van der Waals surface area contributed by atoms with Crippen LogP contribution < -0.4 is 4.90 Å². The Labute approximate surface area is 91.5 Å². The van der Waals surface area contributed by atoms with E-state index in [-0.39, 0.29) is 6.10 Å². The molecule has 1 aromatic rings. The van der Waals surface area contributed by atoms with Crippen molar-refractivity contribution in [3.8, 4) is 0 Å². The van der Waals surface area contributed by atoms with Gasteiger partial charge in [-0.15, -0.1) is 0 Å². The van der Waals surface area contributed by atoms with Gasteiger partial charge >= 0.3 is 0 Å². The van der Waals surface area contributed by atoms with Crippen LogP contribution in [0.15, 0.2) is 18.2 Å². The number of benzene rings is 1. The second kappa shape index (κ2) is 3.86. The lowest BCUT2D eigenvalue weighted by molar-refractivity contribution is 0.175. The smallest absolute Gasteiger partial charge is 0.0531 e. The molecule has 0 fully saturated rings. The van der Waals surface area contributed by atoms with Crippen LogP contribution in [0.2, 0.25) is 0 Å². The van der Waals surface area contributed by atoms with Crippen molar-refractivity contribution in [2.45, 2.75) is 38.8 Å². The molecule has 1 heterocycles. The zero-order valence-corrected chi connectivity index (χ0v) is 9.70. The molecular formula is C13H19NO. The van der Waals surface area contributed by atoms with Gasteiger partial charge in [-0.3, -0.25) is 0 Å². The molecule has 2 heteroatoms. The number of hydrogen-bond acceptors (Lipinski definition) is 2. The van der Waals surface area contributed by atoms with Crippen LogP contribution in [0.4, 0.5) is 5.69 Å². The maximum absolute atomic E-state index is 9.44. The number of hydrogen-bond donors (Lipinski definition) is 1. The molecule has 1 aromatic carbocycles. The number of anilines is 1. The SMILES string of the molecule is Cc1ccc2c(c1)CC(CC(C)O)N2C. The predicted molar refractivity (Wildman–Crippen MR) is 63.4 cm³/mol. The summed E-state index contributed by atoms with van der Waals surface area (Å²) in [6, 6.07) is 7.06. The van der Waals surface area contributed by atoms with Crippen molar-refractivity contribution in [2.75, 3.05) is 11.9 Å². The third-order valence-electron chi connectivity index (χ3n) is 3.23. The van der Waals surface area contributed by atoms with Crippen LogP contribution >= 0.6 is 0 Å². The van der Waals surface area contributed by atoms with Gasteiger partial charge < -0.3 is 10.0 Å². The van der Waals surface area contributed by atoms with Crippen molar-refractivity contribution in [2.24, 2.45) is 0 Å². The van der Waals surface area contributed by atoms with Gasteiger partial charge in [0.05, 0.1) is 6.10 Å². The van der Waals surface area contributed by atoms with Crippen LogP contribution in [-0.4, -0.2) is 24.3 Å². The number of aliphatic hydroxyl groups excluding tert-OH is 1. The quantitative estimate of drug-likeness (QED) is 0.799. The van der Waals surface area contributed by atoms with E-state index in [0.29, 0.717) is 6.04 Å². The van der Waals surface area contributed by atoms with Crippen LogP contribution in [0.5, 0.6) is 0 Å². The molecule has 0 aromatic heterocycles. The topological polar surface area (TPSA) is 23.5 Å². The fourth-order valence-electron chi connectivity index (χ4n) is 2.44. The third-order valence-corrected chi connectivity index (χ3v) is 3.23. The number of aryl methyl sites for hydroxylation is 1. The molecule has 0 radical (unpaired) electrons. The van der Waals surface area contributed by atoms with E-state index in [2.05, 4.69) is 37.1 Å². The largest absolute Gasteiger partial charge is 0.393 e. The third kappa shape index (κ3) is 2.00. The molecule has 1 N–H and O–H groups in total. The molecule has 2 unspecified atom stereocenters. The van der Waals surface area contributed by atoms with Crippen LogP contribution in [0.1, 0.15) is 24.5 Å². The Morgan fingerprint density at radius 1 is 1.53 bits per heavy atom. The van der Waals surface area contributed by atoms with Gasteiger partial charge in [-0.1, -0.05) is 17.7 Å². The average molecular weight is 205 g/mol. The number of aliphatic hydroxyl groups is 1. The molecule has 0 amide bonds. The second-order valence-electron chi connectivity index (χ2n) is 4.69. The van der Waals surface area contributed by atoms with E-state index >= 15 is 0 Å². The van der Waals surface area contributed by atoms with Gasteiger partial charge in [0.15, 0.2) is 0 Å². The van der Waals surface area contributed by atoms with Crippen LogP contribution in [-0.2, 0) is 6.42 Å². The minimum absolute atomic E-state index is 0.215. The summed E-state index contributed by atoms with van der Waals surface area (Å²) in [5, 5.41) is 9.44. The Morgan fingerprint density at radius 3 is 2.93 bits per heavy atom. The molecule has 0 saturated carbocycles. The Bertz CT molecular complexity index is 360. The lowest BCUT2D eigenvalue weighted by atomic mass is 10.0. The average Bonchev–Trinajstić information content (AvgIpc) is 2.42. The van der Waals surface area contributed by atoms with E-state index in [1.165, 1.54) is 16.8 Å². The van der Waals surface area contributed by atoms with Crippen molar-refractivity contribution in [3.63, 3.8) is 0 Å². The minimum Gasteiger partial charge on any atom is -0.393 e. The van der Waals surface area contributed by atoms with Crippen molar-refractivity contribution in [3.05, 3.63) is 29.3 Å². The zero-order chi connectivity index (χ0) is 11.0. The van der Waals surface area contributed by atoms with Gasteiger partial charge in [0.1, 0.15) is 0 Å². The first kappa shape index (κ1) is 10.5. The fourth-order valence-corrected chi connectivity index (χ4v) is 2.44. The molecule has 1 aliphatic rings. The molecule has 15 heavy (non-hydrogen) atoms. The van der Waals surface area contributed by atoms with Crippen LogP contribution in [0.3, 0.4) is 0 Å². The molecule has 0 aliphatic carbocycles. The highest BCUT2D eigenvalue weighted by Gasteiger charge is 2.26. The standard InChI is InChI=1S/C13H19NO/c1-9-4-5-13-11(6-9)8-12(14(13)3)7-10(2)15/h4-6,10,12,15H,7-8H2,1-3H3. The number of nitrogens with zero attached hydrogens (tertiary/aromatic N) is 1. The monoisotopic (exact) mass is 205 g/mol. The van der Waals surface area contributed by atoms with Gasteiger partial charge in [-0.05, 0) is 38.3 Å². The van der Waals surface area contributed by atoms with Crippen molar-refractivity contribution < 1.29 is 5.11 Å². The number of fused-ring (bicyclic) bond motifs is 1. The summed E-state index contributed by atoms with van der Waals surface area (Å²) in [6.07, 6.45) is 1.70. The molecule has 82 valence electrons. The van der Waals surface area contributed by atoms with Gasteiger partial charge in [0.25, 0.3) is 0 Å². The van der Waals surface area contributed by atoms with Gasteiger partial charge in [0.2, 0.25) is 0 Å². The highest BCUT2D eigenvalue weighted by molar-refractivity contribution is 5.59. The Hall–Kier alpha value is -1.02. The summed E-state index contributed by atoms with van der Waals surface area (Å²) in [5.41, 5.74) is 4.06. The highest BCUT2D eigenvalue weighted by atomic mass is 16.3. The van der Waals surface area contributed by atoms with Crippen LogP contribution in [0, 0.1) is 6.92 Å². The van der Waals surface area contributed by atoms with Crippen LogP contribution in [0.25, 0.3) is 0 Å². The van der Waals surface area contributed by atoms with Crippen molar-refractivity contribution >= 4 is 5.69 Å². The molecule has 0 spiro atoms. The number of rotatable bonds is 2. The first-order valence-electron chi connectivity index (χ1n) is 5.58. The predicted octanol–water partition coefficient (Wildman–Crippen LogP) is 2.13. The Balaban J connectivity index is 2.21. The van der Waals surface area contributed by atoms with E-state index < -0.39 is 0 Å². The normalized spacial score (nSPS) is 21.6. The van der Waals surface area contributed by atoms with E-state index in [1.807, 2.05) is 6.92 Å². The zero-order valence-electron chi connectivity index (χ0n) is 9.70. The first-order valence-corrected chi connectivity index (χ1v) is 5.58. The Kier molecular flexibility index (Phi) is 2.70. The second-order valence-corrected chi connectivity index (χ2v) is 4.69. The van der Waals surface area contributed by atoms with E-state index in [0.717, 1.165) is 12.8 Å². The number of likely N-dealkylation sites (N-methyl/N-ethyl adjacent to an activating group) is 1. The summed E-state index contributed by atoms with van der Waals surface area (Å²) >= 11 is 0. The van der Waals surface area contributed by atoms with E-state index in [9.17, 15) is 5.11 Å². The lowest BCUT2D eigenvalue weighted by Gasteiger charge is -2.23. The van der Waals surface area contributed by atoms with Crippen molar-refractivity contribution in [1.82, 2.24) is 0 Å².